The Hall–Kier alpha value is -3.67. The van der Waals surface area contributed by atoms with E-state index in [0.29, 0.717) is 42.6 Å². The summed E-state index contributed by atoms with van der Waals surface area (Å²) in [6, 6.07) is 14.4. The maximum Gasteiger partial charge on any atom is 0.316 e. The topological polar surface area (TPSA) is 103 Å². The Bertz CT molecular complexity index is 1660. The number of piperazine rings is 1. The molecule has 41 heavy (non-hydrogen) atoms. The Kier molecular flexibility index (Phi) is 7.83. The highest BCUT2D eigenvalue weighted by Crippen LogP contribution is 2.31. The van der Waals surface area contributed by atoms with Crippen molar-refractivity contribution in [3.05, 3.63) is 94.4 Å². The van der Waals surface area contributed by atoms with Gasteiger partial charge >= 0.3 is 5.56 Å². The van der Waals surface area contributed by atoms with Crippen molar-refractivity contribution in [1.29, 1.82) is 0 Å². The van der Waals surface area contributed by atoms with E-state index in [-0.39, 0.29) is 23.2 Å². The summed E-state index contributed by atoms with van der Waals surface area (Å²) in [4.78, 5) is 19.7. The van der Waals surface area contributed by atoms with Gasteiger partial charge in [-0.25, -0.2) is 13.4 Å². The lowest BCUT2D eigenvalue weighted by Crippen LogP contribution is -2.49. The molecule has 0 radical (unpaired) electrons. The normalized spacial score (nSPS) is 16.8. The standard InChI is InChI=1S/C29H31ClN6O4S/c30-23-4-3-5-25(18-23)36-29(37)28(40-26-6-1-2-7-26)27(19-32-36)33-14-16-35(17-15-33)41(38,39)20-22-8-10-24(11-9-22)34-13-12-31-21-34/h3-5,8-13,18-19,21,26H,1-2,6-7,14-17,20H2. The van der Waals surface area contributed by atoms with Crippen molar-refractivity contribution >= 4 is 27.3 Å². The van der Waals surface area contributed by atoms with Gasteiger partial charge in [-0.1, -0.05) is 29.8 Å². The number of aromatic nitrogens is 4. The van der Waals surface area contributed by atoms with E-state index < -0.39 is 10.0 Å². The first kappa shape index (κ1) is 27.5. The minimum Gasteiger partial charge on any atom is -0.483 e. The first-order valence-electron chi connectivity index (χ1n) is 13.7. The van der Waals surface area contributed by atoms with Crippen molar-refractivity contribution in [2.75, 3.05) is 31.1 Å². The quantitative estimate of drug-likeness (QED) is 0.303. The van der Waals surface area contributed by atoms with E-state index >= 15 is 0 Å². The van der Waals surface area contributed by atoms with Crippen molar-refractivity contribution in [2.45, 2.75) is 37.5 Å². The zero-order chi connectivity index (χ0) is 28.4. The number of rotatable bonds is 8. The zero-order valence-corrected chi connectivity index (χ0v) is 24.0. The first-order chi connectivity index (χ1) is 19.9. The molecule has 2 aromatic carbocycles. The van der Waals surface area contributed by atoms with Crippen LogP contribution in [0.3, 0.4) is 0 Å². The van der Waals surface area contributed by atoms with E-state index in [1.807, 2.05) is 39.9 Å². The second kappa shape index (κ2) is 11.7. The predicted molar refractivity (Wildman–Crippen MR) is 158 cm³/mol. The van der Waals surface area contributed by atoms with Crippen LogP contribution < -0.4 is 15.2 Å². The third-order valence-electron chi connectivity index (χ3n) is 7.61. The molecule has 0 spiro atoms. The van der Waals surface area contributed by atoms with Gasteiger partial charge in [0.15, 0.2) is 0 Å². The summed E-state index contributed by atoms with van der Waals surface area (Å²) in [5.41, 5.74) is 2.42. The van der Waals surface area contributed by atoms with Gasteiger partial charge < -0.3 is 14.2 Å². The summed E-state index contributed by atoms with van der Waals surface area (Å²) in [6.45, 7) is 1.44. The van der Waals surface area contributed by atoms with Gasteiger partial charge in [0.05, 0.1) is 30.1 Å². The summed E-state index contributed by atoms with van der Waals surface area (Å²) in [5, 5.41) is 4.94. The molecule has 4 aromatic rings. The maximum atomic E-state index is 13.7. The molecule has 1 aliphatic heterocycles. The van der Waals surface area contributed by atoms with Crippen LogP contribution in [-0.2, 0) is 15.8 Å². The Morgan fingerprint density at radius 2 is 1.73 bits per heavy atom. The van der Waals surface area contributed by atoms with Crippen LogP contribution in [0.5, 0.6) is 5.75 Å². The molecule has 0 N–H and O–H groups in total. The number of anilines is 1. The van der Waals surface area contributed by atoms with Gasteiger partial charge in [0.2, 0.25) is 15.8 Å². The van der Waals surface area contributed by atoms with E-state index in [9.17, 15) is 13.2 Å². The van der Waals surface area contributed by atoms with Crippen LogP contribution in [0, 0.1) is 0 Å². The molecule has 1 saturated heterocycles. The van der Waals surface area contributed by atoms with Gasteiger partial charge in [-0.3, -0.25) is 4.79 Å². The van der Waals surface area contributed by atoms with Crippen LogP contribution in [-0.4, -0.2) is 64.3 Å². The number of nitrogens with zero attached hydrogens (tertiary/aromatic N) is 6. The second-order valence-electron chi connectivity index (χ2n) is 10.4. The molecule has 6 rings (SSSR count). The SMILES string of the molecule is O=c1c(OC2CCCC2)c(N2CCN(S(=O)(=O)Cc3ccc(-n4ccnc4)cc3)CC2)cnn1-c1cccc(Cl)c1. The monoisotopic (exact) mass is 594 g/mol. The second-order valence-corrected chi connectivity index (χ2v) is 12.8. The van der Waals surface area contributed by atoms with Crippen LogP contribution in [0.1, 0.15) is 31.2 Å². The van der Waals surface area contributed by atoms with E-state index in [4.69, 9.17) is 16.3 Å². The number of ether oxygens (including phenoxy) is 1. The number of halogens is 1. The molecule has 12 heteroatoms. The van der Waals surface area contributed by atoms with Crippen LogP contribution >= 0.6 is 11.6 Å². The van der Waals surface area contributed by atoms with Crippen LogP contribution in [0.15, 0.2) is 78.2 Å². The van der Waals surface area contributed by atoms with E-state index in [1.54, 1.807) is 43.0 Å². The molecule has 1 saturated carbocycles. The number of hydrogen-bond acceptors (Lipinski definition) is 7. The van der Waals surface area contributed by atoms with Crippen molar-refractivity contribution in [3.63, 3.8) is 0 Å². The van der Waals surface area contributed by atoms with Crippen LogP contribution in [0.4, 0.5) is 5.69 Å². The number of benzene rings is 2. The third kappa shape index (κ3) is 6.02. The molecule has 10 nitrogen and oxygen atoms in total. The Balaban J connectivity index is 1.18. The van der Waals surface area contributed by atoms with E-state index in [0.717, 1.165) is 36.9 Å². The lowest BCUT2D eigenvalue weighted by Gasteiger charge is -2.36. The Morgan fingerprint density at radius 1 is 0.976 bits per heavy atom. The van der Waals surface area contributed by atoms with Crippen molar-refractivity contribution in [2.24, 2.45) is 0 Å². The van der Waals surface area contributed by atoms with Crippen LogP contribution in [0.25, 0.3) is 11.4 Å². The predicted octanol–water partition coefficient (Wildman–Crippen LogP) is 4.05. The summed E-state index contributed by atoms with van der Waals surface area (Å²) in [7, 11) is -3.53. The first-order valence-corrected chi connectivity index (χ1v) is 15.7. The molecule has 0 amide bonds. The highest BCUT2D eigenvalue weighted by molar-refractivity contribution is 7.88. The Labute approximate surface area is 243 Å². The minimum atomic E-state index is -3.53. The average Bonchev–Trinajstić information content (AvgIpc) is 3.70. The molecule has 214 valence electrons. The minimum absolute atomic E-state index is 0.0292. The Morgan fingerprint density at radius 3 is 2.41 bits per heavy atom. The summed E-state index contributed by atoms with van der Waals surface area (Å²) < 4.78 is 37.6. The molecule has 2 aromatic heterocycles. The molecule has 0 atom stereocenters. The lowest BCUT2D eigenvalue weighted by atomic mass is 10.2. The summed E-state index contributed by atoms with van der Waals surface area (Å²) in [6.07, 6.45) is 10.8. The van der Waals surface area contributed by atoms with Gasteiger partial charge in [0.1, 0.15) is 5.69 Å². The van der Waals surface area contributed by atoms with Crippen molar-refractivity contribution < 1.29 is 13.2 Å². The average molecular weight is 595 g/mol. The highest BCUT2D eigenvalue weighted by atomic mass is 35.5. The largest absolute Gasteiger partial charge is 0.483 e. The van der Waals surface area contributed by atoms with Crippen LogP contribution in [0.2, 0.25) is 5.02 Å². The lowest BCUT2D eigenvalue weighted by molar-refractivity contribution is 0.205. The fraction of sp³-hybridized carbons (Fsp3) is 0.345. The molecule has 0 bridgehead atoms. The molecular weight excluding hydrogens is 564 g/mol. The molecular formula is C29H31ClN6O4S. The number of hydrogen-bond donors (Lipinski definition) is 0. The van der Waals surface area contributed by atoms with Gasteiger partial charge in [-0.2, -0.15) is 14.1 Å². The fourth-order valence-corrected chi connectivity index (χ4v) is 7.12. The van der Waals surface area contributed by atoms with Crippen molar-refractivity contribution in [1.82, 2.24) is 23.6 Å². The molecule has 2 aliphatic rings. The fourth-order valence-electron chi connectivity index (χ4n) is 5.42. The summed E-state index contributed by atoms with van der Waals surface area (Å²) in [5.74, 6) is 0.172. The molecule has 3 heterocycles. The van der Waals surface area contributed by atoms with E-state index in [1.165, 1.54) is 8.99 Å². The highest BCUT2D eigenvalue weighted by Gasteiger charge is 2.30. The summed E-state index contributed by atoms with van der Waals surface area (Å²) >= 11 is 6.17. The van der Waals surface area contributed by atoms with Gasteiger partial charge in [0, 0.05) is 49.3 Å². The molecule has 1 aliphatic carbocycles. The van der Waals surface area contributed by atoms with Gasteiger partial charge in [0.25, 0.3) is 0 Å². The molecule has 2 fully saturated rings. The third-order valence-corrected chi connectivity index (χ3v) is 9.70. The van der Waals surface area contributed by atoms with Crippen molar-refractivity contribution in [3.8, 4) is 17.1 Å². The number of imidazole rings is 1. The smallest absolute Gasteiger partial charge is 0.316 e. The molecule has 0 unspecified atom stereocenters. The maximum absolute atomic E-state index is 13.7. The number of sulfonamides is 1. The van der Waals surface area contributed by atoms with E-state index in [2.05, 4.69) is 10.1 Å². The van der Waals surface area contributed by atoms with Gasteiger partial charge in [-0.05, 0) is 61.6 Å². The zero-order valence-electron chi connectivity index (χ0n) is 22.5. The van der Waals surface area contributed by atoms with Gasteiger partial charge in [-0.15, -0.1) is 0 Å².